The van der Waals surface area contributed by atoms with Gasteiger partial charge >= 0.3 is 0 Å². The van der Waals surface area contributed by atoms with Crippen LogP contribution in [-0.4, -0.2) is 35.0 Å². The van der Waals surface area contributed by atoms with Crippen LogP contribution < -0.4 is 10.6 Å². The van der Waals surface area contributed by atoms with E-state index in [2.05, 4.69) is 15.6 Å². The largest absolute Gasteiger partial charge is 0.370 e. The first kappa shape index (κ1) is 15.2. The highest BCUT2D eigenvalue weighted by atomic mass is 32.2. The van der Waals surface area contributed by atoms with Gasteiger partial charge in [-0.2, -0.15) is 11.8 Å². The van der Waals surface area contributed by atoms with Crippen LogP contribution in [0.4, 0.5) is 5.82 Å². The Kier molecular flexibility index (Phi) is 5.71. The maximum absolute atomic E-state index is 12.2. The quantitative estimate of drug-likeness (QED) is 0.876. The second-order valence-corrected chi connectivity index (χ2v) is 6.52. The predicted molar refractivity (Wildman–Crippen MR) is 85.6 cm³/mol. The lowest BCUT2D eigenvalue weighted by atomic mass is 10.1. The van der Waals surface area contributed by atoms with Crippen molar-refractivity contribution in [2.24, 2.45) is 0 Å². The van der Waals surface area contributed by atoms with E-state index in [9.17, 15) is 4.79 Å². The molecule has 0 bridgehead atoms. The number of nitrogens with zero attached hydrogens (tertiary/aromatic N) is 1. The van der Waals surface area contributed by atoms with E-state index >= 15 is 0 Å². The average Bonchev–Trinajstić information content (AvgIpc) is 2.45. The minimum Gasteiger partial charge on any atom is -0.370 e. The Balaban J connectivity index is 1.93. The van der Waals surface area contributed by atoms with Crippen LogP contribution in [0.25, 0.3) is 0 Å². The van der Waals surface area contributed by atoms with Crippen LogP contribution in [-0.2, 0) is 0 Å². The lowest BCUT2D eigenvalue weighted by molar-refractivity contribution is 0.0953. The van der Waals surface area contributed by atoms with Gasteiger partial charge in [-0.25, -0.2) is 4.98 Å². The molecule has 110 valence electrons. The van der Waals surface area contributed by atoms with Crippen LogP contribution in [0.1, 0.15) is 42.2 Å². The summed E-state index contributed by atoms with van der Waals surface area (Å²) in [6.45, 7) is 5.50. The first-order valence-corrected chi connectivity index (χ1v) is 8.36. The number of hydrogen-bond donors (Lipinski definition) is 2. The molecule has 5 heteroatoms. The Morgan fingerprint density at radius 3 is 3.00 bits per heavy atom. The van der Waals surface area contributed by atoms with Crippen molar-refractivity contribution < 1.29 is 4.79 Å². The Morgan fingerprint density at radius 2 is 2.30 bits per heavy atom. The molecule has 0 spiro atoms. The number of thioether (sulfide) groups is 1. The Hall–Kier alpha value is -1.23. The first-order valence-electron chi connectivity index (χ1n) is 7.31. The summed E-state index contributed by atoms with van der Waals surface area (Å²) in [5.74, 6) is 1.99. The van der Waals surface area contributed by atoms with E-state index in [4.69, 9.17) is 0 Å². The number of rotatable bonds is 5. The van der Waals surface area contributed by atoms with Crippen LogP contribution in [0, 0.1) is 6.92 Å². The molecule has 2 N–H and O–H groups in total. The molecule has 1 aliphatic heterocycles. The molecule has 1 unspecified atom stereocenters. The van der Waals surface area contributed by atoms with E-state index in [1.807, 2.05) is 37.7 Å². The molecule has 1 aliphatic rings. The van der Waals surface area contributed by atoms with E-state index in [-0.39, 0.29) is 5.91 Å². The molecular weight excluding hydrogens is 270 g/mol. The van der Waals surface area contributed by atoms with Gasteiger partial charge in [0.05, 0.1) is 0 Å². The molecule has 2 heterocycles. The number of anilines is 1. The minimum atomic E-state index is 0.000765. The summed E-state index contributed by atoms with van der Waals surface area (Å²) in [6, 6.07) is 3.66. The standard InChI is InChI=1S/C15H23N3OS/c1-3-16-14-9-12(8-11(2)18-14)15(19)17-10-13-6-4-5-7-20-13/h8-9,13H,3-7,10H2,1-2H3,(H,16,18)(H,17,19). The highest BCUT2D eigenvalue weighted by molar-refractivity contribution is 7.99. The van der Waals surface area contributed by atoms with Gasteiger partial charge in [-0.15, -0.1) is 0 Å². The van der Waals surface area contributed by atoms with Crippen molar-refractivity contribution in [2.45, 2.75) is 38.4 Å². The van der Waals surface area contributed by atoms with Crippen molar-refractivity contribution in [3.63, 3.8) is 0 Å². The molecule has 1 atom stereocenters. The van der Waals surface area contributed by atoms with Crippen molar-refractivity contribution in [3.8, 4) is 0 Å². The predicted octanol–water partition coefficient (Wildman–Crippen LogP) is 2.84. The van der Waals surface area contributed by atoms with Crippen LogP contribution in [0.15, 0.2) is 12.1 Å². The van der Waals surface area contributed by atoms with Gasteiger partial charge in [-0.05, 0) is 44.6 Å². The van der Waals surface area contributed by atoms with E-state index in [0.29, 0.717) is 10.8 Å². The summed E-state index contributed by atoms with van der Waals surface area (Å²) < 4.78 is 0. The molecule has 0 radical (unpaired) electrons. The Morgan fingerprint density at radius 1 is 1.45 bits per heavy atom. The molecule has 1 aromatic rings. The number of aryl methyl sites for hydroxylation is 1. The Bertz CT molecular complexity index is 458. The van der Waals surface area contributed by atoms with Gasteiger partial charge < -0.3 is 10.6 Å². The SMILES string of the molecule is CCNc1cc(C(=O)NCC2CCCCS2)cc(C)n1. The summed E-state index contributed by atoms with van der Waals surface area (Å²) in [5.41, 5.74) is 1.55. The van der Waals surface area contributed by atoms with E-state index in [0.717, 1.165) is 24.6 Å². The number of nitrogens with one attached hydrogen (secondary N) is 2. The molecule has 0 aromatic carbocycles. The molecular formula is C15H23N3OS. The van der Waals surface area contributed by atoms with Crippen LogP contribution in [0.3, 0.4) is 0 Å². The van der Waals surface area contributed by atoms with Crippen LogP contribution in [0.5, 0.6) is 0 Å². The molecule has 1 fully saturated rings. The number of carbonyl (C=O) groups is 1. The van der Waals surface area contributed by atoms with Gasteiger partial charge in [0.2, 0.25) is 0 Å². The van der Waals surface area contributed by atoms with Gasteiger partial charge in [-0.3, -0.25) is 4.79 Å². The fraction of sp³-hybridized carbons (Fsp3) is 0.600. The zero-order valence-corrected chi connectivity index (χ0v) is 13.1. The van der Waals surface area contributed by atoms with Gasteiger partial charge in [0.1, 0.15) is 5.82 Å². The fourth-order valence-corrected chi connectivity index (χ4v) is 3.59. The number of aromatic nitrogens is 1. The zero-order chi connectivity index (χ0) is 14.4. The number of amides is 1. The monoisotopic (exact) mass is 293 g/mol. The van der Waals surface area contributed by atoms with Gasteiger partial charge in [0.15, 0.2) is 0 Å². The molecule has 1 aromatic heterocycles. The van der Waals surface area contributed by atoms with E-state index in [1.165, 1.54) is 25.0 Å². The van der Waals surface area contributed by atoms with E-state index in [1.54, 1.807) is 0 Å². The summed E-state index contributed by atoms with van der Waals surface area (Å²) in [6.07, 6.45) is 3.81. The topological polar surface area (TPSA) is 54.0 Å². The smallest absolute Gasteiger partial charge is 0.251 e. The fourth-order valence-electron chi connectivity index (χ4n) is 2.35. The van der Waals surface area contributed by atoms with Crippen molar-refractivity contribution >= 4 is 23.5 Å². The maximum Gasteiger partial charge on any atom is 0.251 e. The zero-order valence-electron chi connectivity index (χ0n) is 12.2. The molecule has 1 saturated heterocycles. The third-order valence-electron chi connectivity index (χ3n) is 3.34. The van der Waals surface area contributed by atoms with E-state index < -0.39 is 0 Å². The average molecular weight is 293 g/mol. The van der Waals surface area contributed by atoms with Crippen LogP contribution >= 0.6 is 11.8 Å². The highest BCUT2D eigenvalue weighted by Crippen LogP contribution is 2.24. The number of carbonyl (C=O) groups excluding carboxylic acids is 1. The summed E-state index contributed by atoms with van der Waals surface area (Å²) in [7, 11) is 0. The molecule has 20 heavy (non-hydrogen) atoms. The molecule has 0 saturated carbocycles. The van der Waals surface area contributed by atoms with Gasteiger partial charge in [-0.1, -0.05) is 6.42 Å². The highest BCUT2D eigenvalue weighted by Gasteiger charge is 2.15. The summed E-state index contributed by atoms with van der Waals surface area (Å²) in [5, 5.41) is 6.78. The number of pyridine rings is 1. The van der Waals surface area contributed by atoms with Crippen molar-refractivity contribution in [2.75, 3.05) is 24.2 Å². The summed E-state index contributed by atoms with van der Waals surface area (Å²) in [4.78, 5) is 16.6. The normalized spacial score (nSPS) is 18.6. The molecule has 1 amide bonds. The van der Waals surface area contributed by atoms with Crippen molar-refractivity contribution in [1.82, 2.24) is 10.3 Å². The second kappa shape index (κ2) is 7.53. The lowest BCUT2D eigenvalue weighted by Crippen LogP contribution is -2.32. The molecule has 2 rings (SSSR count). The molecule has 0 aliphatic carbocycles. The Labute approximate surface area is 125 Å². The lowest BCUT2D eigenvalue weighted by Gasteiger charge is -2.21. The third-order valence-corrected chi connectivity index (χ3v) is 4.74. The van der Waals surface area contributed by atoms with Crippen molar-refractivity contribution in [3.05, 3.63) is 23.4 Å². The maximum atomic E-state index is 12.2. The number of hydrogen-bond acceptors (Lipinski definition) is 4. The first-order chi connectivity index (χ1) is 9.69. The summed E-state index contributed by atoms with van der Waals surface area (Å²) >= 11 is 1.98. The minimum absolute atomic E-state index is 0.000765. The second-order valence-electron chi connectivity index (χ2n) is 5.11. The van der Waals surface area contributed by atoms with Crippen LogP contribution in [0.2, 0.25) is 0 Å². The molecule has 4 nitrogen and oxygen atoms in total. The van der Waals surface area contributed by atoms with Crippen molar-refractivity contribution in [1.29, 1.82) is 0 Å². The third kappa shape index (κ3) is 4.40. The van der Waals surface area contributed by atoms with Gasteiger partial charge in [0, 0.05) is 29.6 Å². The van der Waals surface area contributed by atoms with Gasteiger partial charge in [0.25, 0.3) is 5.91 Å².